The molecule has 0 fully saturated rings. The van der Waals surface area contributed by atoms with Crippen LogP contribution in [-0.4, -0.2) is 68.8 Å². The molecule has 4 aromatic rings. The number of benzene rings is 4. The summed E-state index contributed by atoms with van der Waals surface area (Å²) in [5.74, 6) is 0.290. The number of aryl methyl sites for hydroxylation is 2. The van der Waals surface area contributed by atoms with Crippen molar-refractivity contribution >= 4 is 58.0 Å². The van der Waals surface area contributed by atoms with E-state index in [1.54, 1.807) is 12.1 Å². The Hall–Kier alpha value is -2.84. The third-order valence-corrected chi connectivity index (χ3v) is 10.1. The Labute approximate surface area is 345 Å². The molecule has 4 rings (SSSR count). The number of unbranched alkanes of at least 4 members (excludes halogenated alkanes) is 10. The molecule has 0 spiro atoms. The topological polar surface area (TPSA) is 173 Å². The zero-order valence-electron chi connectivity index (χ0n) is 30.7. The Kier molecular flexibility index (Phi) is 20.8. The Bertz CT molecular complexity index is 1780. The second-order valence-corrected chi connectivity index (χ2v) is 15.4. The molecule has 0 aliphatic heterocycles. The van der Waals surface area contributed by atoms with Gasteiger partial charge in [0.25, 0.3) is 10.1 Å². The van der Waals surface area contributed by atoms with E-state index in [0.717, 1.165) is 49.4 Å². The Balaban J connectivity index is 0.000000360. The third kappa shape index (κ3) is 17.4. The quantitative estimate of drug-likeness (QED) is 0.0499. The molecule has 0 amide bonds. The first-order valence-corrected chi connectivity index (χ1v) is 20.8. The summed E-state index contributed by atoms with van der Waals surface area (Å²) in [4.78, 5) is -1.30. The maximum atomic E-state index is 11.7. The van der Waals surface area contributed by atoms with Crippen molar-refractivity contribution < 1.29 is 45.6 Å². The van der Waals surface area contributed by atoms with Crippen molar-refractivity contribution in [2.24, 2.45) is 0 Å². The van der Waals surface area contributed by atoms with Crippen molar-refractivity contribution in [1.29, 1.82) is 0 Å². The minimum absolute atomic E-state index is 0. The standard InChI is InChI=1S/2C20H26O5S.Ca/c2*1-2-3-4-5-6-7-9-16-10-8-11-17(14-16)25-18-12-13-20(19(21)15-18)26(22,23)24;/h2*8,10-15,21H,2-7,9H2,1H3,(H,22,23,24);/q;;+2/p-2. The van der Waals surface area contributed by atoms with Crippen LogP contribution < -0.4 is 14.6 Å². The number of phenols is 1. The molecular formula is C40H50CaO10S2. The molecular weight excluding hydrogens is 745 g/mol. The number of aromatic hydroxyl groups is 1. The molecule has 0 atom stereocenters. The number of phenolic OH excluding ortho intramolecular Hbond substituents is 1. The van der Waals surface area contributed by atoms with Crippen LogP contribution in [0.5, 0.6) is 34.5 Å². The van der Waals surface area contributed by atoms with Crippen LogP contribution in [0.1, 0.15) is 102 Å². The van der Waals surface area contributed by atoms with Gasteiger partial charge in [-0.3, -0.25) is 4.55 Å². The van der Waals surface area contributed by atoms with E-state index in [1.165, 1.54) is 88.0 Å². The predicted molar refractivity (Wildman–Crippen MR) is 205 cm³/mol. The molecule has 13 heteroatoms. The van der Waals surface area contributed by atoms with Gasteiger partial charge in [-0.1, -0.05) is 108 Å². The van der Waals surface area contributed by atoms with Crippen LogP contribution in [0, 0.1) is 0 Å². The molecule has 53 heavy (non-hydrogen) atoms. The maximum Gasteiger partial charge on any atom is 2.00 e. The molecule has 2 N–H and O–H groups in total. The second kappa shape index (κ2) is 23.8. The molecule has 0 unspecified atom stereocenters. The zero-order valence-corrected chi connectivity index (χ0v) is 34.5. The van der Waals surface area contributed by atoms with E-state index >= 15 is 0 Å². The van der Waals surface area contributed by atoms with Gasteiger partial charge in [0.15, 0.2) is 0 Å². The van der Waals surface area contributed by atoms with Crippen molar-refractivity contribution in [1.82, 2.24) is 0 Å². The van der Waals surface area contributed by atoms with Gasteiger partial charge in [-0.2, -0.15) is 8.42 Å². The summed E-state index contributed by atoms with van der Waals surface area (Å²) in [6, 6.07) is 22.3. The number of hydrogen-bond donors (Lipinski definition) is 2. The van der Waals surface area contributed by atoms with E-state index in [1.807, 2.05) is 30.3 Å². The molecule has 0 aromatic heterocycles. The molecule has 0 aliphatic rings. The molecule has 0 saturated carbocycles. The largest absolute Gasteiger partial charge is 2.00 e. The van der Waals surface area contributed by atoms with Crippen LogP contribution in [0.4, 0.5) is 0 Å². The fraction of sp³-hybridized carbons (Fsp3) is 0.400. The van der Waals surface area contributed by atoms with Crippen LogP contribution in [0.25, 0.3) is 0 Å². The molecule has 4 aromatic carbocycles. The predicted octanol–water partition coefficient (Wildman–Crippen LogP) is 9.31. The summed E-state index contributed by atoms with van der Waals surface area (Å²) >= 11 is 0. The number of rotatable bonds is 20. The average Bonchev–Trinajstić information content (AvgIpc) is 3.07. The molecule has 284 valence electrons. The van der Waals surface area contributed by atoms with Gasteiger partial charge in [-0.25, -0.2) is 8.42 Å². The third-order valence-electron chi connectivity index (χ3n) is 8.30. The first-order chi connectivity index (χ1) is 24.8. The van der Waals surface area contributed by atoms with Gasteiger partial charge >= 0.3 is 37.7 Å². The van der Waals surface area contributed by atoms with Crippen LogP contribution in [0.15, 0.2) is 94.7 Å². The maximum absolute atomic E-state index is 11.7. The molecule has 0 saturated heterocycles. The van der Waals surface area contributed by atoms with Gasteiger partial charge < -0.3 is 24.2 Å². The molecule has 0 heterocycles. The molecule has 0 radical (unpaired) electrons. The van der Waals surface area contributed by atoms with Gasteiger partial charge in [0.1, 0.15) is 43.8 Å². The van der Waals surface area contributed by atoms with E-state index in [9.17, 15) is 31.6 Å². The van der Waals surface area contributed by atoms with Crippen molar-refractivity contribution in [3.8, 4) is 34.5 Å². The average molecular weight is 795 g/mol. The number of ether oxygens (including phenoxy) is 2. The van der Waals surface area contributed by atoms with E-state index in [0.29, 0.717) is 17.2 Å². The monoisotopic (exact) mass is 794 g/mol. The van der Waals surface area contributed by atoms with E-state index in [4.69, 9.17) is 14.0 Å². The fourth-order valence-electron chi connectivity index (χ4n) is 5.56. The van der Waals surface area contributed by atoms with Crippen LogP contribution in [0.3, 0.4) is 0 Å². The molecule has 0 bridgehead atoms. The first-order valence-electron chi connectivity index (χ1n) is 17.9. The second-order valence-electron chi connectivity index (χ2n) is 12.7. The van der Waals surface area contributed by atoms with Gasteiger partial charge in [0, 0.05) is 11.0 Å². The number of hydrogen-bond acceptors (Lipinski definition) is 9. The van der Waals surface area contributed by atoms with Crippen molar-refractivity contribution in [2.45, 2.75) is 114 Å². The summed E-state index contributed by atoms with van der Waals surface area (Å²) in [6.45, 7) is 4.41. The van der Waals surface area contributed by atoms with Crippen LogP contribution >= 0.6 is 0 Å². The smallest absolute Gasteiger partial charge is 0.872 e. The van der Waals surface area contributed by atoms with Gasteiger partial charge in [-0.15, -0.1) is 0 Å². The normalized spacial score (nSPS) is 11.2. The molecule has 0 aliphatic carbocycles. The van der Waals surface area contributed by atoms with E-state index < -0.39 is 41.5 Å². The Morgan fingerprint density at radius 3 is 1.40 bits per heavy atom. The minimum atomic E-state index is -4.77. The van der Waals surface area contributed by atoms with Crippen molar-refractivity contribution in [3.63, 3.8) is 0 Å². The summed E-state index contributed by atoms with van der Waals surface area (Å²) in [7, 11) is -9.22. The Morgan fingerprint density at radius 1 is 0.566 bits per heavy atom. The fourth-order valence-corrected chi connectivity index (χ4v) is 6.66. The van der Waals surface area contributed by atoms with Crippen LogP contribution in [-0.2, 0) is 33.1 Å². The zero-order chi connectivity index (χ0) is 38.0. The SMILES string of the molecule is CCCCCCCCc1cccc(Oc2ccc(S(=O)(=O)O)c(O)c2)c1.CCCCCCCCc1cccc(Oc2ccc(S(=O)(=O)[O-])c([O-])c2)c1.[Ca+2]. The van der Waals surface area contributed by atoms with E-state index in [2.05, 4.69) is 19.9 Å². The first kappa shape index (κ1) is 46.3. The van der Waals surface area contributed by atoms with E-state index in [-0.39, 0.29) is 43.5 Å². The van der Waals surface area contributed by atoms with Crippen molar-refractivity contribution in [3.05, 3.63) is 96.1 Å². The van der Waals surface area contributed by atoms with Gasteiger partial charge in [0.05, 0.1) is 0 Å². The Morgan fingerprint density at radius 2 is 0.981 bits per heavy atom. The van der Waals surface area contributed by atoms with Gasteiger partial charge in [-0.05, 0) is 91.4 Å². The van der Waals surface area contributed by atoms with Crippen molar-refractivity contribution in [2.75, 3.05) is 0 Å². The molecule has 10 nitrogen and oxygen atoms in total. The summed E-state index contributed by atoms with van der Waals surface area (Å²) in [5.41, 5.74) is 2.33. The van der Waals surface area contributed by atoms with Crippen LogP contribution in [0.2, 0.25) is 0 Å². The summed E-state index contributed by atoms with van der Waals surface area (Å²) in [5, 5.41) is 21.5. The summed E-state index contributed by atoms with van der Waals surface area (Å²) < 4.78 is 75.4. The summed E-state index contributed by atoms with van der Waals surface area (Å²) in [6.07, 6.45) is 16.8. The van der Waals surface area contributed by atoms with Gasteiger partial charge in [0.2, 0.25) is 0 Å². The minimum Gasteiger partial charge on any atom is -0.872 e.